The van der Waals surface area contributed by atoms with Crippen molar-refractivity contribution in [3.63, 3.8) is 0 Å². The maximum absolute atomic E-state index is 11.9. The third-order valence-electron chi connectivity index (χ3n) is 3.03. The predicted octanol–water partition coefficient (Wildman–Crippen LogP) is 4.02. The van der Waals surface area contributed by atoms with Gasteiger partial charge in [-0.1, -0.05) is 29.8 Å². The Kier molecular flexibility index (Phi) is 3.76. The van der Waals surface area contributed by atoms with E-state index in [0.29, 0.717) is 22.1 Å². The smallest absolute Gasteiger partial charge is 0.292 e. The van der Waals surface area contributed by atoms with E-state index in [1.165, 1.54) is 0 Å². The Balaban J connectivity index is 1.99. The summed E-state index contributed by atoms with van der Waals surface area (Å²) in [6.45, 7) is 0. The Labute approximate surface area is 130 Å². The van der Waals surface area contributed by atoms with Gasteiger partial charge >= 0.3 is 0 Å². The van der Waals surface area contributed by atoms with Crippen LogP contribution in [0, 0.1) is 0 Å². The Bertz CT molecular complexity index is 879. The van der Waals surface area contributed by atoms with Gasteiger partial charge < -0.3 is 5.73 Å². The lowest BCUT2D eigenvalue weighted by Gasteiger charge is -1.99. The molecule has 0 bridgehead atoms. The lowest BCUT2D eigenvalue weighted by Crippen LogP contribution is -1.96. The highest BCUT2D eigenvalue weighted by molar-refractivity contribution is 6.30. The van der Waals surface area contributed by atoms with Crippen molar-refractivity contribution in [3.05, 3.63) is 63.9 Å². The number of benzene rings is 2. The topological polar surface area (TPSA) is 99.4 Å². The zero-order valence-electron chi connectivity index (χ0n) is 11.4. The van der Waals surface area contributed by atoms with Gasteiger partial charge in [0.05, 0.1) is 11.4 Å². The second-order valence-corrected chi connectivity index (χ2v) is 5.04. The maximum atomic E-state index is 11.9. The Morgan fingerprint density at radius 1 is 1.00 bits per heavy atom. The van der Waals surface area contributed by atoms with E-state index in [4.69, 9.17) is 17.3 Å². The van der Waals surface area contributed by atoms with Crippen molar-refractivity contribution in [1.82, 2.24) is 10.2 Å². The van der Waals surface area contributed by atoms with E-state index in [9.17, 15) is 4.79 Å². The molecule has 1 aromatic heterocycles. The normalized spacial score (nSPS) is 11.1. The van der Waals surface area contributed by atoms with Crippen molar-refractivity contribution in [2.45, 2.75) is 0 Å². The van der Waals surface area contributed by atoms with Crippen LogP contribution in [0.25, 0.3) is 11.3 Å². The molecule has 7 heteroatoms. The molecule has 3 aromatic rings. The molecule has 0 spiro atoms. The third kappa shape index (κ3) is 2.91. The van der Waals surface area contributed by atoms with Crippen LogP contribution in [0.4, 0.5) is 17.1 Å². The van der Waals surface area contributed by atoms with Crippen molar-refractivity contribution in [2.24, 2.45) is 10.2 Å². The Morgan fingerprint density at radius 3 is 2.50 bits per heavy atom. The highest BCUT2D eigenvalue weighted by Crippen LogP contribution is 2.27. The molecule has 0 aliphatic heterocycles. The van der Waals surface area contributed by atoms with Crippen LogP contribution in [-0.2, 0) is 0 Å². The number of halogens is 1. The minimum Gasteiger partial charge on any atom is -0.399 e. The number of hydrogen-bond acceptors (Lipinski definition) is 4. The van der Waals surface area contributed by atoms with Crippen molar-refractivity contribution in [3.8, 4) is 11.3 Å². The van der Waals surface area contributed by atoms with E-state index in [2.05, 4.69) is 20.4 Å². The number of nitrogens with two attached hydrogens (primary N) is 1. The highest BCUT2D eigenvalue weighted by atomic mass is 35.5. The molecule has 3 rings (SSSR count). The largest absolute Gasteiger partial charge is 0.399 e. The molecule has 0 radical (unpaired) electrons. The molecule has 2 aromatic carbocycles. The summed E-state index contributed by atoms with van der Waals surface area (Å²) in [5, 5.41) is 13.9. The fourth-order valence-corrected chi connectivity index (χ4v) is 2.14. The number of nitrogens with zero attached hydrogens (tertiary/aromatic N) is 2. The fraction of sp³-hybridized carbons (Fsp3) is 0. The summed E-state index contributed by atoms with van der Waals surface area (Å²) in [7, 11) is 0. The molecule has 110 valence electrons. The SMILES string of the molecule is Nc1ccc(-c2[nH][nH]c(=O)c2N=Nc2cccc(Cl)c2)cc1. The molecule has 4 N–H and O–H groups in total. The van der Waals surface area contributed by atoms with E-state index in [0.717, 1.165) is 5.56 Å². The molecule has 0 saturated heterocycles. The zero-order chi connectivity index (χ0) is 15.5. The van der Waals surface area contributed by atoms with Crippen LogP contribution in [0.5, 0.6) is 0 Å². The summed E-state index contributed by atoms with van der Waals surface area (Å²) >= 11 is 5.89. The summed E-state index contributed by atoms with van der Waals surface area (Å²) in [6.07, 6.45) is 0. The standard InChI is InChI=1S/C15H12ClN5O/c16-10-2-1-3-12(8-10)18-20-14-13(19-21-15(14)22)9-4-6-11(17)7-5-9/h1-8H,17H2,(H2,19,21,22). The lowest BCUT2D eigenvalue weighted by molar-refractivity contribution is 1.06. The number of nitrogen functional groups attached to an aromatic ring is 1. The van der Waals surface area contributed by atoms with Gasteiger partial charge in [-0.05, 0) is 30.3 Å². The number of rotatable bonds is 3. The van der Waals surface area contributed by atoms with Crippen molar-refractivity contribution < 1.29 is 0 Å². The van der Waals surface area contributed by atoms with E-state index >= 15 is 0 Å². The van der Waals surface area contributed by atoms with Crippen LogP contribution in [0.3, 0.4) is 0 Å². The van der Waals surface area contributed by atoms with Gasteiger partial charge in [-0.15, -0.1) is 5.11 Å². The first kappa shape index (κ1) is 14.1. The average molecular weight is 314 g/mol. The van der Waals surface area contributed by atoms with Gasteiger partial charge in [0.1, 0.15) is 0 Å². The molecule has 0 amide bonds. The molecule has 0 fully saturated rings. The van der Waals surface area contributed by atoms with Gasteiger partial charge in [0.2, 0.25) is 0 Å². The summed E-state index contributed by atoms with van der Waals surface area (Å²) in [4.78, 5) is 11.9. The second kappa shape index (κ2) is 5.87. The molecule has 0 aliphatic rings. The summed E-state index contributed by atoms with van der Waals surface area (Å²) in [5.41, 5.74) is 8.06. The molecule has 6 nitrogen and oxygen atoms in total. The van der Waals surface area contributed by atoms with E-state index in [1.807, 2.05) is 0 Å². The Hall–Kier alpha value is -2.86. The summed E-state index contributed by atoms with van der Waals surface area (Å²) in [6, 6.07) is 14.0. The van der Waals surface area contributed by atoms with Crippen LogP contribution in [0.1, 0.15) is 0 Å². The number of H-pyrrole nitrogens is 2. The molecule has 0 unspecified atom stereocenters. The number of nitrogens with one attached hydrogen (secondary N) is 2. The van der Waals surface area contributed by atoms with Crippen LogP contribution in [-0.4, -0.2) is 10.2 Å². The van der Waals surface area contributed by atoms with Crippen molar-refractivity contribution >= 4 is 28.7 Å². The number of hydrogen-bond donors (Lipinski definition) is 3. The molecule has 0 saturated carbocycles. The van der Waals surface area contributed by atoms with Gasteiger partial charge in [-0.2, -0.15) is 5.11 Å². The Morgan fingerprint density at radius 2 is 1.77 bits per heavy atom. The lowest BCUT2D eigenvalue weighted by atomic mass is 10.1. The minimum absolute atomic E-state index is 0.199. The number of aromatic nitrogens is 2. The minimum atomic E-state index is -0.349. The maximum Gasteiger partial charge on any atom is 0.292 e. The van der Waals surface area contributed by atoms with Gasteiger partial charge in [0, 0.05) is 16.3 Å². The molecule has 22 heavy (non-hydrogen) atoms. The molecule has 0 aliphatic carbocycles. The molecular formula is C15H12ClN5O. The second-order valence-electron chi connectivity index (χ2n) is 4.60. The third-order valence-corrected chi connectivity index (χ3v) is 3.26. The van der Waals surface area contributed by atoms with Crippen LogP contribution < -0.4 is 11.3 Å². The first-order chi connectivity index (χ1) is 10.6. The van der Waals surface area contributed by atoms with Gasteiger partial charge in [-0.3, -0.25) is 15.0 Å². The molecule has 0 atom stereocenters. The number of aromatic amines is 2. The van der Waals surface area contributed by atoms with E-state index in [-0.39, 0.29) is 11.2 Å². The van der Waals surface area contributed by atoms with Crippen LogP contribution >= 0.6 is 11.6 Å². The van der Waals surface area contributed by atoms with Crippen molar-refractivity contribution in [2.75, 3.05) is 5.73 Å². The molecular weight excluding hydrogens is 302 g/mol. The van der Waals surface area contributed by atoms with Crippen molar-refractivity contribution in [1.29, 1.82) is 0 Å². The van der Waals surface area contributed by atoms with E-state index < -0.39 is 0 Å². The van der Waals surface area contributed by atoms with Crippen LogP contribution in [0.15, 0.2) is 63.6 Å². The van der Waals surface area contributed by atoms with Crippen LogP contribution in [0.2, 0.25) is 5.02 Å². The van der Waals surface area contributed by atoms with Gasteiger partial charge in [0.25, 0.3) is 5.56 Å². The fourth-order valence-electron chi connectivity index (χ4n) is 1.95. The van der Waals surface area contributed by atoms with Gasteiger partial charge in [0.15, 0.2) is 5.69 Å². The molecule has 1 heterocycles. The number of anilines is 1. The first-order valence-corrected chi connectivity index (χ1v) is 6.85. The summed E-state index contributed by atoms with van der Waals surface area (Å²) < 4.78 is 0. The highest BCUT2D eigenvalue weighted by Gasteiger charge is 2.11. The monoisotopic (exact) mass is 313 g/mol. The predicted molar refractivity (Wildman–Crippen MR) is 86.9 cm³/mol. The first-order valence-electron chi connectivity index (χ1n) is 6.47. The summed E-state index contributed by atoms with van der Waals surface area (Å²) in [5.74, 6) is 0. The quantitative estimate of drug-likeness (QED) is 0.502. The average Bonchev–Trinajstić information content (AvgIpc) is 2.87. The van der Waals surface area contributed by atoms with Gasteiger partial charge in [-0.25, -0.2) is 0 Å². The number of azo groups is 1. The van der Waals surface area contributed by atoms with E-state index in [1.54, 1.807) is 48.5 Å². The zero-order valence-corrected chi connectivity index (χ0v) is 12.1.